The number of carbonyl (C=O) groups is 1. The average Bonchev–Trinajstić information content (AvgIpc) is 2.67. The highest BCUT2D eigenvalue weighted by Gasteiger charge is 2.29. The zero-order valence-corrected chi connectivity index (χ0v) is 6.88. The van der Waals surface area contributed by atoms with Crippen molar-refractivity contribution < 1.29 is 4.79 Å². The van der Waals surface area contributed by atoms with Crippen molar-refractivity contribution in [1.29, 1.82) is 0 Å². The summed E-state index contributed by atoms with van der Waals surface area (Å²) in [5, 5.41) is 0. The number of ketones is 1. The average molecular weight is 151 g/mol. The van der Waals surface area contributed by atoms with Crippen molar-refractivity contribution in [1.82, 2.24) is 0 Å². The lowest BCUT2D eigenvalue weighted by molar-refractivity contribution is -0.119. The van der Waals surface area contributed by atoms with Gasteiger partial charge >= 0.3 is 0 Å². The molecule has 0 spiro atoms. The van der Waals surface area contributed by atoms with Gasteiger partial charge in [0.15, 0.2) is 0 Å². The fourth-order valence-corrected chi connectivity index (χ4v) is 1.84. The van der Waals surface area contributed by atoms with Crippen LogP contribution in [0.1, 0.15) is 38.5 Å². The third kappa shape index (κ3) is 1.82. The van der Waals surface area contributed by atoms with Crippen LogP contribution in [0.4, 0.5) is 0 Å². The first-order chi connectivity index (χ1) is 5.36. The lowest BCUT2D eigenvalue weighted by atomic mass is 9.98. The Morgan fingerprint density at radius 1 is 1.09 bits per heavy atom. The van der Waals surface area contributed by atoms with Gasteiger partial charge in [-0.3, -0.25) is 4.79 Å². The third-order valence-electron chi connectivity index (χ3n) is 2.78. The van der Waals surface area contributed by atoms with Gasteiger partial charge in [-0.15, -0.1) is 0 Å². The van der Waals surface area contributed by atoms with Gasteiger partial charge in [0.2, 0.25) is 0 Å². The Morgan fingerprint density at radius 2 is 1.73 bits per heavy atom. The SMILES string of the molecule is O=C([CH]C1CC1)C1CCCC1. The zero-order chi connectivity index (χ0) is 7.68. The number of hydrogen-bond donors (Lipinski definition) is 0. The molecule has 2 fully saturated rings. The van der Waals surface area contributed by atoms with Crippen molar-refractivity contribution in [3.63, 3.8) is 0 Å². The molecule has 0 N–H and O–H groups in total. The lowest BCUT2D eigenvalue weighted by Gasteiger charge is -2.05. The molecule has 0 aromatic rings. The minimum atomic E-state index is 0.413. The van der Waals surface area contributed by atoms with Gasteiger partial charge < -0.3 is 0 Å². The molecule has 0 saturated heterocycles. The summed E-state index contributed by atoms with van der Waals surface area (Å²) in [6.07, 6.45) is 9.36. The van der Waals surface area contributed by atoms with Gasteiger partial charge in [-0.25, -0.2) is 0 Å². The molecule has 0 unspecified atom stereocenters. The molecule has 0 atom stereocenters. The monoisotopic (exact) mass is 151 g/mol. The molecule has 0 aromatic carbocycles. The normalized spacial score (nSPS) is 25.8. The van der Waals surface area contributed by atoms with E-state index in [0.29, 0.717) is 17.6 Å². The van der Waals surface area contributed by atoms with E-state index in [1.165, 1.54) is 25.7 Å². The van der Waals surface area contributed by atoms with Crippen molar-refractivity contribution in [2.45, 2.75) is 38.5 Å². The van der Waals surface area contributed by atoms with Crippen molar-refractivity contribution in [3.05, 3.63) is 6.42 Å². The van der Waals surface area contributed by atoms with E-state index in [9.17, 15) is 4.79 Å². The van der Waals surface area contributed by atoms with Crippen LogP contribution in [0, 0.1) is 18.3 Å². The summed E-state index contributed by atoms with van der Waals surface area (Å²) in [4.78, 5) is 11.4. The fourth-order valence-electron chi connectivity index (χ4n) is 1.84. The Kier molecular flexibility index (Phi) is 1.97. The minimum absolute atomic E-state index is 0.413. The van der Waals surface area contributed by atoms with Gasteiger partial charge in [0.1, 0.15) is 5.78 Å². The summed E-state index contributed by atoms with van der Waals surface area (Å²) < 4.78 is 0. The van der Waals surface area contributed by atoms with Gasteiger partial charge in [-0.05, 0) is 31.6 Å². The maximum Gasteiger partial charge on any atom is 0.140 e. The summed E-state index contributed by atoms with van der Waals surface area (Å²) in [6.45, 7) is 0. The summed E-state index contributed by atoms with van der Waals surface area (Å²) in [6, 6.07) is 0. The molecule has 0 aliphatic heterocycles. The molecular weight excluding hydrogens is 136 g/mol. The van der Waals surface area contributed by atoms with Gasteiger partial charge in [-0.1, -0.05) is 12.8 Å². The van der Waals surface area contributed by atoms with E-state index in [-0.39, 0.29) is 0 Å². The summed E-state index contributed by atoms with van der Waals surface area (Å²) in [5.74, 6) is 1.53. The van der Waals surface area contributed by atoms with Gasteiger partial charge in [-0.2, -0.15) is 0 Å². The first kappa shape index (κ1) is 7.33. The van der Waals surface area contributed by atoms with Crippen LogP contribution >= 0.6 is 0 Å². The molecule has 11 heavy (non-hydrogen) atoms. The number of Topliss-reactive ketones (excluding diaryl/α,β-unsaturated/α-hetero) is 1. The molecule has 1 heteroatoms. The molecule has 0 heterocycles. The Morgan fingerprint density at radius 3 is 2.27 bits per heavy atom. The predicted octanol–water partition coefficient (Wildman–Crippen LogP) is 2.36. The first-order valence-corrected chi connectivity index (χ1v) is 4.75. The van der Waals surface area contributed by atoms with Gasteiger partial charge in [0.25, 0.3) is 0 Å². The zero-order valence-electron chi connectivity index (χ0n) is 6.88. The van der Waals surface area contributed by atoms with Crippen LogP contribution in [-0.4, -0.2) is 5.78 Å². The highest BCUT2D eigenvalue weighted by atomic mass is 16.1. The number of rotatable bonds is 3. The second-order valence-electron chi connectivity index (χ2n) is 3.89. The van der Waals surface area contributed by atoms with Crippen molar-refractivity contribution >= 4 is 5.78 Å². The Bertz CT molecular complexity index is 152. The molecule has 0 bridgehead atoms. The highest BCUT2D eigenvalue weighted by Crippen LogP contribution is 2.35. The molecule has 1 nitrogen and oxygen atoms in total. The minimum Gasteiger partial charge on any atom is -0.299 e. The summed E-state index contributed by atoms with van der Waals surface area (Å²) >= 11 is 0. The molecule has 0 amide bonds. The molecule has 0 aromatic heterocycles. The van der Waals surface area contributed by atoms with Crippen LogP contribution < -0.4 is 0 Å². The molecule has 61 valence electrons. The quantitative estimate of drug-likeness (QED) is 0.605. The van der Waals surface area contributed by atoms with Crippen LogP contribution in [0.2, 0.25) is 0 Å². The maximum atomic E-state index is 11.4. The standard InChI is InChI=1S/C10H15O/c11-10(7-8-5-6-8)9-3-1-2-4-9/h7-9H,1-6H2. The van der Waals surface area contributed by atoms with Crippen LogP contribution in [-0.2, 0) is 4.79 Å². The molecule has 2 aliphatic carbocycles. The lowest BCUT2D eigenvalue weighted by Crippen LogP contribution is -2.11. The van der Waals surface area contributed by atoms with Crippen molar-refractivity contribution in [2.24, 2.45) is 11.8 Å². The Balaban J connectivity index is 1.77. The first-order valence-electron chi connectivity index (χ1n) is 4.75. The van der Waals surface area contributed by atoms with E-state index in [0.717, 1.165) is 12.8 Å². The Hall–Kier alpha value is -0.330. The smallest absolute Gasteiger partial charge is 0.140 e. The largest absolute Gasteiger partial charge is 0.299 e. The summed E-state index contributed by atoms with van der Waals surface area (Å²) in [7, 11) is 0. The van der Waals surface area contributed by atoms with E-state index in [1.54, 1.807) is 0 Å². The van der Waals surface area contributed by atoms with E-state index >= 15 is 0 Å². The highest BCUT2D eigenvalue weighted by molar-refractivity contribution is 5.89. The van der Waals surface area contributed by atoms with Crippen LogP contribution in [0.25, 0.3) is 0 Å². The third-order valence-corrected chi connectivity index (χ3v) is 2.78. The van der Waals surface area contributed by atoms with E-state index in [4.69, 9.17) is 0 Å². The van der Waals surface area contributed by atoms with Crippen molar-refractivity contribution in [3.8, 4) is 0 Å². The molecule has 2 rings (SSSR count). The van der Waals surface area contributed by atoms with Crippen LogP contribution in [0.15, 0.2) is 0 Å². The molecule has 1 radical (unpaired) electrons. The van der Waals surface area contributed by atoms with Crippen LogP contribution in [0.3, 0.4) is 0 Å². The molecule has 2 saturated carbocycles. The molecule has 2 aliphatic rings. The second-order valence-corrected chi connectivity index (χ2v) is 3.89. The van der Waals surface area contributed by atoms with E-state index in [1.807, 2.05) is 6.42 Å². The number of carbonyl (C=O) groups excluding carboxylic acids is 1. The molecular formula is C10H15O. The van der Waals surface area contributed by atoms with Gasteiger partial charge in [0.05, 0.1) is 0 Å². The predicted molar refractivity (Wildman–Crippen MR) is 44.0 cm³/mol. The van der Waals surface area contributed by atoms with E-state index < -0.39 is 0 Å². The Labute approximate surface area is 68.2 Å². The second kappa shape index (κ2) is 2.96. The van der Waals surface area contributed by atoms with Crippen LogP contribution in [0.5, 0.6) is 0 Å². The maximum absolute atomic E-state index is 11.4. The number of hydrogen-bond acceptors (Lipinski definition) is 1. The van der Waals surface area contributed by atoms with Crippen molar-refractivity contribution in [2.75, 3.05) is 0 Å². The fraction of sp³-hybridized carbons (Fsp3) is 0.800. The summed E-state index contributed by atoms with van der Waals surface area (Å²) in [5.41, 5.74) is 0. The van der Waals surface area contributed by atoms with Gasteiger partial charge in [0, 0.05) is 12.3 Å². The topological polar surface area (TPSA) is 17.1 Å². The van der Waals surface area contributed by atoms with E-state index in [2.05, 4.69) is 0 Å².